The van der Waals surface area contributed by atoms with Crippen LogP contribution in [0.5, 0.6) is 5.88 Å². The second-order valence-electron chi connectivity index (χ2n) is 4.24. The third-order valence-corrected chi connectivity index (χ3v) is 2.71. The van der Waals surface area contributed by atoms with E-state index in [0.29, 0.717) is 18.3 Å². The SMILES string of the molecule is Cc1cc(OCc2ccc(N)cc2)n2ncnc2n1. The van der Waals surface area contributed by atoms with Gasteiger partial charge in [-0.2, -0.15) is 14.6 Å². The molecule has 2 N–H and O–H groups in total. The first-order valence-corrected chi connectivity index (χ1v) is 5.87. The molecule has 0 unspecified atom stereocenters. The molecule has 6 heteroatoms. The molecule has 2 heterocycles. The predicted molar refractivity (Wildman–Crippen MR) is 70.7 cm³/mol. The number of hydrogen-bond acceptors (Lipinski definition) is 5. The lowest BCUT2D eigenvalue weighted by Crippen LogP contribution is -2.03. The number of fused-ring (bicyclic) bond motifs is 1. The quantitative estimate of drug-likeness (QED) is 0.719. The van der Waals surface area contributed by atoms with Crippen molar-refractivity contribution in [2.45, 2.75) is 13.5 Å². The Balaban J connectivity index is 1.85. The van der Waals surface area contributed by atoms with Gasteiger partial charge in [-0.05, 0) is 24.6 Å². The highest BCUT2D eigenvalue weighted by Gasteiger charge is 2.06. The lowest BCUT2D eigenvalue weighted by atomic mass is 10.2. The van der Waals surface area contributed by atoms with Crippen LogP contribution in [0.25, 0.3) is 5.78 Å². The van der Waals surface area contributed by atoms with Crippen molar-refractivity contribution in [3.8, 4) is 5.88 Å². The molecule has 0 fully saturated rings. The van der Waals surface area contributed by atoms with Gasteiger partial charge in [-0.3, -0.25) is 0 Å². The largest absolute Gasteiger partial charge is 0.473 e. The number of anilines is 1. The van der Waals surface area contributed by atoms with E-state index in [4.69, 9.17) is 10.5 Å². The fourth-order valence-electron chi connectivity index (χ4n) is 1.77. The monoisotopic (exact) mass is 255 g/mol. The number of nitrogen functional groups attached to an aromatic ring is 1. The summed E-state index contributed by atoms with van der Waals surface area (Å²) in [6, 6.07) is 9.39. The average Bonchev–Trinajstić information content (AvgIpc) is 2.85. The minimum Gasteiger partial charge on any atom is -0.473 e. The van der Waals surface area contributed by atoms with Crippen molar-refractivity contribution in [2.75, 3.05) is 5.73 Å². The Bertz CT molecular complexity index is 705. The molecule has 0 saturated carbocycles. The van der Waals surface area contributed by atoms with Gasteiger partial charge in [-0.25, -0.2) is 4.98 Å². The Morgan fingerprint density at radius 3 is 2.84 bits per heavy atom. The van der Waals surface area contributed by atoms with Crippen molar-refractivity contribution in [1.82, 2.24) is 19.6 Å². The van der Waals surface area contributed by atoms with Gasteiger partial charge in [0, 0.05) is 17.4 Å². The van der Waals surface area contributed by atoms with E-state index in [1.807, 2.05) is 37.3 Å². The number of aryl methyl sites for hydroxylation is 1. The van der Waals surface area contributed by atoms with E-state index in [-0.39, 0.29) is 0 Å². The number of nitrogens with two attached hydrogens (primary N) is 1. The zero-order chi connectivity index (χ0) is 13.2. The van der Waals surface area contributed by atoms with Crippen molar-refractivity contribution >= 4 is 11.5 Å². The molecule has 0 aliphatic rings. The molecule has 1 aromatic carbocycles. The molecule has 96 valence electrons. The maximum Gasteiger partial charge on any atom is 0.255 e. The molecule has 0 saturated heterocycles. The lowest BCUT2D eigenvalue weighted by Gasteiger charge is -2.08. The molecule has 0 atom stereocenters. The molecule has 0 spiro atoms. The Labute approximate surface area is 109 Å². The standard InChI is InChI=1S/C13H13N5O/c1-9-6-12(18-13(17-9)15-8-16-18)19-7-10-2-4-11(14)5-3-10/h2-6,8H,7,14H2,1H3. The van der Waals surface area contributed by atoms with Crippen LogP contribution in [-0.4, -0.2) is 19.6 Å². The second kappa shape index (κ2) is 4.56. The summed E-state index contributed by atoms with van der Waals surface area (Å²) in [5.74, 6) is 1.16. The molecule has 0 amide bonds. The van der Waals surface area contributed by atoms with Gasteiger partial charge in [0.2, 0.25) is 5.88 Å². The number of ether oxygens (including phenoxy) is 1. The van der Waals surface area contributed by atoms with Gasteiger partial charge in [0.25, 0.3) is 5.78 Å². The molecule has 0 aliphatic carbocycles. The molecule has 0 bridgehead atoms. The fraction of sp³-hybridized carbons (Fsp3) is 0.154. The number of aromatic nitrogens is 4. The van der Waals surface area contributed by atoms with Gasteiger partial charge in [-0.1, -0.05) is 12.1 Å². The molecular formula is C13H13N5O. The van der Waals surface area contributed by atoms with Gasteiger partial charge < -0.3 is 10.5 Å². The zero-order valence-corrected chi connectivity index (χ0v) is 10.4. The van der Waals surface area contributed by atoms with E-state index in [9.17, 15) is 0 Å². The average molecular weight is 255 g/mol. The van der Waals surface area contributed by atoms with E-state index in [2.05, 4.69) is 15.1 Å². The van der Waals surface area contributed by atoms with Crippen LogP contribution in [0.2, 0.25) is 0 Å². The summed E-state index contributed by atoms with van der Waals surface area (Å²) >= 11 is 0. The minimum absolute atomic E-state index is 0.443. The Morgan fingerprint density at radius 2 is 2.05 bits per heavy atom. The maximum atomic E-state index is 5.76. The smallest absolute Gasteiger partial charge is 0.255 e. The minimum atomic E-state index is 0.443. The van der Waals surface area contributed by atoms with Crippen molar-refractivity contribution in [3.05, 3.63) is 47.9 Å². The van der Waals surface area contributed by atoms with Gasteiger partial charge >= 0.3 is 0 Å². The molecular weight excluding hydrogens is 242 g/mol. The molecule has 19 heavy (non-hydrogen) atoms. The molecule has 3 aromatic rings. The molecule has 6 nitrogen and oxygen atoms in total. The number of hydrogen-bond donors (Lipinski definition) is 1. The number of rotatable bonds is 3. The van der Waals surface area contributed by atoms with Gasteiger partial charge in [0.05, 0.1) is 0 Å². The van der Waals surface area contributed by atoms with Crippen molar-refractivity contribution in [3.63, 3.8) is 0 Å². The highest BCUT2D eigenvalue weighted by atomic mass is 16.5. The van der Waals surface area contributed by atoms with Crippen LogP contribution in [0, 0.1) is 6.92 Å². The summed E-state index contributed by atoms with van der Waals surface area (Å²) in [5, 5.41) is 4.08. The summed E-state index contributed by atoms with van der Waals surface area (Å²) in [6.07, 6.45) is 1.46. The van der Waals surface area contributed by atoms with E-state index in [1.165, 1.54) is 6.33 Å². The molecule has 3 rings (SSSR count). The van der Waals surface area contributed by atoms with Crippen molar-refractivity contribution < 1.29 is 4.74 Å². The van der Waals surface area contributed by atoms with Gasteiger partial charge in [0.1, 0.15) is 12.9 Å². The Morgan fingerprint density at radius 1 is 1.26 bits per heavy atom. The summed E-state index contributed by atoms with van der Waals surface area (Å²) in [6.45, 7) is 2.34. The first-order chi connectivity index (χ1) is 9.22. The predicted octanol–water partition coefficient (Wildman–Crippen LogP) is 1.59. The van der Waals surface area contributed by atoms with Crippen LogP contribution in [-0.2, 0) is 6.61 Å². The topological polar surface area (TPSA) is 78.3 Å². The highest BCUT2D eigenvalue weighted by molar-refractivity contribution is 5.39. The van der Waals surface area contributed by atoms with Gasteiger partial charge in [-0.15, -0.1) is 0 Å². The summed E-state index contributed by atoms with van der Waals surface area (Å²) in [5.41, 5.74) is 8.26. The summed E-state index contributed by atoms with van der Waals surface area (Å²) in [4.78, 5) is 8.31. The third kappa shape index (κ3) is 2.33. The Hall–Kier alpha value is -2.63. The van der Waals surface area contributed by atoms with E-state index in [0.717, 1.165) is 16.9 Å². The number of nitrogens with zero attached hydrogens (tertiary/aromatic N) is 4. The van der Waals surface area contributed by atoms with Gasteiger partial charge in [0.15, 0.2) is 0 Å². The van der Waals surface area contributed by atoms with Crippen LogP contribution >= 0.6 is 0 Å². The summed E-state index contributed by atoms with van der Waals surface area (Å²) in [7, 11) is 0. The highest BCUT2D eigenvalue weighted by Crippen LogP contribution is 2.15. The van der Waals surface area contributed by atoms with Crippen molar-refractivity contribution in [1.29, 1.82) is 0 Å². The fourth-order valence-corrected chi connectivity index (χ4v) is 1.77. The van der Waals surface area contributed by atoms with Crippen molar-refractivity contribution in [2.24, 2.45) is 0 Å². The van der Waals surface area contributed by atoms with Crippen LogP contribution in [0.1, 0.15) is 11.3 Å². The third-order valence-electron chi connectivity index (χ3n) is 2.71. The van der Waals surface area contributed by atoms with Crippen LogP contribution in [0.4, 0.5) is 5.69 Å². The summed E-state index contributed by atoms with van der Waals surface area (Å²) < 4.78 is 7.34. The Kier molecular flexibility index (Phi) is 2.75. The van der Waals surface area contributed by atoms with Crippen LogP contribution in [0.3, 0.4) is 0 Å². The maximum absolute atomic E-state index is 5.76. The molecule has 0 radical (unpaired) electrons. The second-order valence-corrected chi connectivity index (χ2v) is 4.24. The normalized spacial score (nSPS) is 10.8. The first kappa shape index (κ1) is 11.5. The van der Waals surface area contributed by atoms with Crippen LogP contribution in [0.15, 0.2) is 36.7 Å². The van der Waals surface area contributed by atoms with E-state index >= 15 is 0 Å². The first-order valence-electron chi connectivity index (χ1n) is 5.87. The van der Waals surface area contributed by atoms with Crippen LogP contribution < -0.4 is 10.5 Å². The molecule has 0 aliphatic heterocycles. The van der Waals surface area contributed by atoms with E-state index in [1.54, 1.807) is 4.52 Å². The lowest BCUT2D eigenvalue weighted by molar-refractivity contribution is 0.285. The molecule has 2 aromatic heterocycles. The number of benzene rings is 1. The zero-order valence-electron chi connectivity index (χ0n) is 10.4. The van der Waals surface area contributed by atoms with E-state index < -0.39 is 0 Å².